The number of carbonyl (C=O) groups is 2. The van der Waals surface area contributed by atoms with Gasteiger partial charge < -0.3 is 10.4 Å². The van der Waals surface area contributed by atoms with Crippen LogP contribution >= 0.6 is 0 Å². The molecule has 0 aromatic carbocycles. The van der Waals surface area contributed by atoms with Crippen molar-refractivity contribution in [1.29, 1.82) is 0 Å². The molecule has 1 aliphatic rings. The van der Waals surface area contributed by atoms with E-state index in [2.05, 4.69) is 0 Å². The Morgan fingerprint density at radius 1 is 1.41 bits per heavy atom. The predicted octanol–water partition coefficient (Wildman–Crippen LogP) is 1.68. The topological polar surface area (TPSA) is 66.4 Å². The quantitative estimate of drug-likeness (QED) is 0.750. The Labute approximate surface area is 95.5 Å². The van der Waals surface area contributed by atoms with Crippen LogP contribution in [0.2, 0.25) is 0 Å². The second-order valence-electron chi connectivity index (χ2n) is 4.64. The normalized spacial score (nSPS) is 23.1. The van der Waals surface area contributed by atoms with Crippen LogP contribution in [0.3, 0.4) is 0 Å². The van der Waals surface area contributed by atoms with Crippen LogP contribution in [-0.4, -0.2) is 23.2 Å². The third-order valence-electron chi connectivity index (χ3n) is 2.63. The number of carboxylic acids is 1. The molecule has 1 unspecified atom stereocenters. The molecule has 0 radical (unpaired) electrons. The van der Waals surface area contributed by atoms with Crippen molar-refractivity contribution in [2.45, 2.75) is 26.4 Å². The van der Waals surface area contributed by atoms with Crippen LogP contribution in [0.5, 0.6) is 0 Å². The summed E-state index contributed by atoms with van der Waals surface area (Å²) in [6, 6.07) is 0. The first-order valence-electron chi connectivity index (χ1n) is 4.87. The van der Waals surface area contributed by atoms with Crippen molar-refractivity contribution < 1.29 is 27.9 Å². The first-order chi connectivity index (χ1) is 7.53. The van der Waals surface area contributed by atoms with Crippen LogP contribution in [0.15, 0.2) is 11.8 Å². The van der Waals surface area contributed by atoms with Crippen molar-refractivity contribution >= 4 is 11.9 Å². The Hall–Kier alpha value is -1.53. The molecule has 0 aromatic rings. The van der Waals surface area contributed by atoms with Crippen LogP contribution in [0.4, 0.5) is 13.2 Å². The van der Waals surface area contributed by atoms with Crippen molar-refractivity contribution in [1.82, 2.24) is 5.32 Å². The van der Waals surface area contributed by atoms with Crippen molar-refractivity contribution in [3.8, 4) is 0 Å². The van der Waals surface area contributed by atoms with Crippen LogP contribution < -0.4 is 5.32 Å². The highest BCUT2D eigenvalue weighted by atomic mass is 19.4. The van der Waals surface area contributed by atoms with Crippen LogP contribution in [-0.2, 0) is 9.59 Å². The van der Waals surface area contributed by atoms with Gasteiger partial charge in [-0.3, -0.25) is 4.79 Å². The van der Waals surface area contributed by atoms with Gasteiger partial charge in [-0.25, -0.2) is 4.79 Å². The summed E-state index contributed by atoms with van der Waals surface area (Å²) in [5.41, 5.74) is -1.42. The standard InChI is InChI=1S/C10H12F3NO3/c1-9(2)3-5(9)7(15)14-6(8(16)17)4-10(11,12)13/h4-5H,3H2,1-2H3,(H,14,15)(H,16,17)/b6-4+. The first-order valence-corrected chi connectivity index (χ1v) is 4.87. The molecule has 96 valence electrons. The Morgan fingerprint density at radius 3 is 2.18 bits per heavy atom. The fourth-order valence-electron chi connectivity index (χ4n) is 1.45. The molecule has 0 heterocycles. The van der Waals surface area contributed by atoms with Gasteiger partial charge in [0.05, 0.1) is 6.08 Å². The molecule has 0 saturated heterocycles. The molecule has 0 aliphatic heterocycles. The van der Waals surface area contributed by atoms with Gasteiger partial charge in [0.15, 0.2) is 0 Å². The molecule has 1 rings (SSSR count). The smallest absolute Gasteiger partial charge is 0.412 e. The Morgan fingerprint density at radius 2 is 1.88 bits per heavy atom. The lowest BCUT2D eigenvalue weighted by molar-refractivity contribution is -0.136. The number of amides is 1. The predicted molar refractivity (Wildman–Crippen MR) is 51.8 cm³/mol. The van der Waals surface area contributed by atoms with Gasteiger partial charge in [-0.1, -0.05) is 13.8 Å². The summed E-state index contributed by atoms with van der Waals surface area (Å²) in [6.07, 6.45) is -4.67. The van der Waals surface area contributed by atoms with Gasteiger partial charge in [-0.2, -0.15) is 13.2 Å². The average molecular weight is 251 g/mol. The van der Waals surface area contributed by atoms with E-state index < -0.39 is 35.7 Å². The minimum atomic E-state index is -4.78. The van der Waals surface area contributed by atoms with Crippen molar-refractivity contribution in [3.63, 3.8) is 0 Å². The summed E-state index contributed by atoms with van der Waals surface area (Å²) < 4.78 is 36.0. The summed E-state index contributed by atoms with van der Waals surface area (Å²) in [6.45, 7) is 3.57. The fraction of sp³-hybridized carbons (Fsp3) is 0.600. The van der Waals surface area contributed by atoms with E-state index in [1.807, 2.05) is 0 Å². The molecule has 4 nitrogen and oxygen atoms in total. The van der Waals surface area contributed by atoms with E-state index in [4.69, 9.17) is 5.11 Å². The molecule has 1 fully saturated rings. The van der Waals surface area contributed by atoms with E-state index in [9.17, 15) is 22.8 Å². The lowest BCUT2D eigenvalue weighted by Gasteiger charge is -2.08. The maximum Gasteiger partial charge on any atom is 0.412 e. The Bertz CT molecular complexity index is 385. The zero-order chi connectivity index (χ0) is 13.4. The van der Waals surface area contributed by atoms with Crippen LogP contribution in [0, 0.1) is 11.3 Å². The van der Waals surface area contributed by atoms with E-state index in [1.54, 1.807) is 19.2 Å². The zero-order valence-corrected chi connectivity index (χ0v) is 9.26. The average Bonchev–Trinajstić information content (AvgIpc) is 2.71. The van der Waals surface area contributed by atoms with Gasteiger partial charge in [0, 0.05) is 5.92 Å². The number of nitrogens with one attached hydrogen (secondary N) is 1. The Kier molecular flexibility index (Phi) is 3.22. The van der Waals surface area contributed by atoms with E-state index in [0.29, 0.717) is 6.42 Å². The van der Waals surface area contributed by atoms with E-state index >= 15 is 0 Å². The molecule has 2 N–H and O–H groups in total. The molecule has 17 heavy (non-hydrogen) atoms. The van der Waals surface area contributed by atoms with Crippen LogP contribution in [0.1, 0.15) is 20.3 Å². The van der Waals surface area contributed by atoms with Crippen LogP contribution in [0.25, 0.3) is 0 Å². The van der Waals surface area contributed by atoms with Crippen molar-refractivity contribution in [3.05, 3.63) is 11.8 Å². The molecule has 1 aliphatic carbocycles. The Balaban J connectivity index is 2.73. The number of aliphatic carboxylic acids is 1. The monoisotopic (exact) mass is 251 g/mol. The maximum atomic E-state index is 12.0. The van der Waals surface area contributed by atoms with Gasteiger partial charge in [-0.05, 0) is 11.8 Å². The molecule has 1 amide bonds. The van der Waals surface area contributed by atoms with Gasteiger partial charge in [0.2, 0.25) is 5.91 Å². The fourth-order valence-corrected chi connectivity index (χ4v) is 1.45. The van der Waals surface area contributed by atoms with Crippen molar-refractivity contribution in [2.24, 2.45) is 11.3 Å². The molecular weight excluding hydrogens is 239 g/mol. The number of carboxylic acid groups (broad SMARTS) is 1. The highest BCUT2D eigenvalue weighted by Crippen LogP contribution is 2.51. The summed E-state index contributed by atoms with van der Waals surface area (Å²) >= 11 is 0. The summed E-state index contributed by atoms with van der Waals surface area (Å²) in [5.74, 6) is -2.93. The second kappa shape index (κ2) is 4.05. The molecule has 1 atom stereocenters. The number of halogens is 3. The first kappa shape index (κ1) is 13.5. The van der Waals surface area contributed by atoms with E-state index in [-0.39, 0.29) is 5.41 Å². The molecule has 1 saturated carbocycles. The number of allylic oxidation sites excluding steroid dienone is 1. The minimum Gasteiger partial charge on any atom is -0.477 e. The van der Waals surface area contributed by atoms with Gasteiger partial charge in [0.1, 0.15) is 5.70 Å². The van der Waals surface area contributed by atoms with E-state index in [0.717, 1.165) is 0 Å². The number of hydrogen-bond donors (Lipinski definition) is 2. The number of hydrogen-bond acceptors (Lipinski definition) is 2. The molecule has 0 spiro atoms. The maximum absolute atomic E-state index is 12.0. The van der Waals surface area contributed by atoms with Gasteiger partial charge >= 0.3 is 12.1 Å². The summed E-state index contributed by atoms with van der Waals surface area (Å²) in [5, 5.41) is 10.3. The number of carbonyl (C=O) groups excluding carboxylic acids is 1. The lowest BCUT2D eigenvalue weighted by Crippen LogP contribution is -2.31. The third-order valence-corrected chi connectivity index (χ3v) is 2.63. The largest absolute Gasteiger partial charge is 0.477 e. The molecule has 0 bridgehead atoms. The van der Waals surface area contributed by atoms with Gasteiger partial charge in [-0.15, -0.1) is 0 Å². The second-order valence-corrected chi connectivity index (χ2v) is 4.64. The summed E-state index contributed by atoms with van der Waals surface area (Å²) in [7, 11) is 0. The highest BCUT2D eigenvalue weighted by molar-refractivity contribution is 5.94. The lowest BCUT2D eigenvalue weighted by atomic mass is 10.1. The van der Waals surface area contributed by atoms with E-state index in [1.165, 1.54) is 0 Å². The number of rotatable bonds is 3. The molecule has 0 aromatic heterocycles. The van der Waals surface area contributed by atoms with Gasteiger partial charge in [0.25, 0.3) is 0 Å². The third kappa shape index (κ3) is 3.76. The van der Waals surface area contributed by atoms with Crippen molar-refractivity contribution in [2.75, 3.05) is 0 Å². The minimum absolute atomic E-state index is 0.272. The highest BCUT2D eigenvalue weighted by Gasteiger charge is 2.51. The zero-order valence-electron chi connectivity index (χ0n) is 9.26. The summed E-state index contributed by atoms with van der Waals surface area (Å²) in [4.78, 5) is 22.0. The number of alkyl halides is 3. The molecular formula is C10H12F3NO3. The molecule has 7 heteroatoms. The SMILES string of the molecule is CC1(C)CC1C(=O)N/C(=C/C(F)(F)F)C(=O)O.